The number of hydrogen-bond acceptors (Lipinski definition) is 4. The second-order valence-corrected chi connectivity index (χ2v) is 34.8. The van der Waals surface area contributed by atoms with Gasteiger partial charge in [0.15, 0.2) is 0 Å². The first kappa shape index (κ1) is 73.9. The Balaban J connectivity index is 0.576. The van der Waals surface area contributed by atoms with Crippen molar-refractivity contribution in [2.45, 2.75) is 10.8 Å². The van der Waals surface area contributed by atoms with E-state index >= 15 is 0 Å². The lowest BCUT2D eigenvalue weighted by Crippen LogP contribution is -2.28. The van der Waals surface area contributed by atoms with Gasteiger partial charge in [0, 0.05) is 66.3 Å². The maximum Gasteiger partial charge on any atom is 0.129 e. The Bertz CT molecular complexity index is 7940. The molecule has 0 aliphatic heterocycles. The molecule has 0 fully saturated rings. The number of para-hydroxylation sites is 4. The lowest BCUT2D eigenvalue weighted by atomic mass is 9.67. The van der Waals surface area contributed by atoms with Gasteiger partial charge in [-0.2, -0.15) is 8.75 Å². The Hall–Kier alpha value is -16.6. The van der Waals surface area contributed by atoms with Gasteiger partial charge in [-0.05, 0) is 250 Å². The first-order valence-corrected chi connectivity index (χ1v) is 45.1. The zero-order valence-electron chi connectivity index (χ0n) is 70.1. The highest BCUT2D eigenvalue weighted by Crippen LogP contribution is 2.59. The standard InChI is InChI=1S/C122H78N6S/c1-5-25-88(26-6-1)121(89-27-7-2-8-28-89)108-39-19-13-33-98(108)100-69-55-86(77-110(100)121)81-49-45-79(46-50-81)84-57-72-116-106(75-84)107-76-85(80-47-51-82(52-48-80)87-56-70-101-99-34-14-20-40-109(99)122(111(101)78-87,90-29-9-3-10-30-90)91-31-11-4-12-32-91)58-73-117(107)128(116)94-59-53-83(54-60-94)97-71-74-118(120-119(97)123-129-124-120)125(92-61-65-95(66-62-92)126-112-41-21-15-35-102(112)103-36-16-22-42-113(103)126)93-63-67-96(68-64-93)127-114-43-23-17-37-104(114)105-38-18-24-44-115(105)127/h1-78H. The van der Waals surface area contributed by atoms with Crippen molar-refractivity contribution in [3.63, 3.8) is 0 Å². The van der Waals surface area contributed by atoms with E-state index < -0.39 is 10.8 Å². The molecule has 26 rings (SSSR count). The van der Waals surface area contributed by atoms with Crippen molar-refractivity contribution in [3.8, 4) is 95.0 Å². The molecule has 0 radical (unpaired) electrons. The van der Waals surface area contributed by atoms with Gasteiger partial charge in [0.1, 0.15) is 11.0 Å². The highest BCUT2D eigenvalue weighted by molar-refractivity contribution is 7.00. The SMILES string of the molecule is c1ccc(C2(c3ccccc3)c3ccccc3-c3ccc(-c4ccc(-c5ccc6c(c5)c5cc(-c7ccc(-c8ccc9c(c8)C(c8ccccc8)(c8ccccc8)c8ccccc8-9)cc7)ccc5n6-c5ccc(-c6ccc(N(c7ccc(-n8c9ccccc9c9ccccc98)cc7)c7ccc(-n8c9ccccc9c9ccccc98)cc7)c7nsnc67)cc5)cc4)cc32)cc1. The number of aromatic nitrogens is 5. The summed E-state index contributed by atoms with van der Waals surface area (Å²) in [6.45, 7) is 0. The molecule has 0 spiro atoms. The van der Waals surface area contributed by atoms with Gasteiger partial charge in [0.05, 0.1) is 61.3 Å². The summed E-state index contributed by atoms with van der Waals surface area (Å²) in [4.78, 5) is 2.34. The zero-order chi connectivity index (χ0) is 84.8. The molecule has 0 saturated carbocycles. The second kappa shape index (κ2) is 29.5. The molecule has 2 aliphatic rings. The molecule has 6 nitrogen and oxygen atoms in total. The number of rotatable bonds is 15. The molecule has 4 aromatic heterocycles. The van der Waals surface area contributed by atoms with E-state index in [9.17, 15) is 0 Å². The lowest BCUT2D eigenvalue weighted by Gasteiger charge is -2.34. The monoisotopic (exact) mass is 1660 g/mol. The first-order valence-electron chi connectivity index (χ1n) is 44.3. The van der Waals surface area contributed by atoms with Crippen molar-refractivity contribution < 1.29 is 0 Å². The van der Waals surface area contributed by atoms with E-state index in [2.05, 4.69) is 492 Å². The minimum Gasteiger partial charge on any atom is -0.309 e. The van der Waals surface area contributed by atoms with Gasteiger partial charge in [-0.25, -0.2) is 0 Å². The topological polar surface area (TPSA) is 43.8 Å². The van der Waals surface area contributed by atoms with Gasteiger partial charge >= 0.3 is 0 Å². The van der Waals surface area contributed by atoms with Crippen molar-refractivity contribution in [1.82, 2.24) is 22.4 Å². The summed E-state index contributed by atoms with van der Waals surface area (Å²) in [5.74, 6) is 0. The normalized spacial score (nSPS) is 12.9. The van der Waals surface area contributed by atoms with E-state index in [4.69, 9.17) is 8.75 Å². The van der Waals surface area contributed by atoms with Crippen molar-refractivity contribution in [1.29, 1.82) is 0 Å². The number of anilines is 3. The number of hydrogen-bond donors (Lipinski definition) is 0. The van der Waals surface area contributed by atoms with Crippen molar-refractivity contribution in [2.75, 3.05) is 4.90 Å². The van der Waals surface area contributed by atoms with Gasteiger partial charge in [-0.1, -0.05) is 340 Å². The summed E-state index contributed by atoms with van der Waals surface area (Å²) in [6, 6.07) is 175. The summed E-state index contributed by atoms with van der Waals surface area (Å²) in [6.07, 6.45) is 0. The molecule has 7 heteroatoms. The van der Waals surface area contributed by atoms with Crippen LogP contribution in [-0.4, -0.2) is 22.4 Å². The zero-order valence-corrected chi connectivity index (χ0v) is 70.9. The fraction of sp³-hybridized carbons (Fsp3) is 0.0164. The average Bonchev–Trinajstić information content (AvgIpc) is 1.54. The van der Waals surface area contributed by atoms with Crippen LogP contribution >= 0.6 is 11.7 Å². The summed E-state index contributed by atoms with van der Waals surface area (Å²) in [7, 11) is 0. The molecular weight excluding hydrogens is 1580 g/mol. The Labute approximate surface area is 750 Å². The Morgan fingerprint density at radius 1 is 0.194 bits per heavy atom. The third kappa shape index (κ3) is 11.4. The summed E-state index contributed by atoms with van der Waals surface area (Å²) in [5.41, 5.74) is 40.4. The van der Waals surface area contributed by atoms with Crippen LogP contribution in [0.4, 0.5) is 17.1 Å². The molecule has 0 unspecified atom stereocenters. The molecule has 2 aliphatic carbocycles. The minimum atomic E-state index is -0.496. The maximum absolute atomic E-state index is 5.21. The van der Waals surface area contributed by atoms with Crippen molar-refractivity contribution in [2.24, 2.45) is 0 Å². The van der Waals surface area contributed by atoms with E-state index in [1.165, 1.54) is 155 Å². The highest BCUT2D eigenvalue weighted by Gasteiger charge is 2.48. The largest absolute Gasteiger partial charge is 0.309 e. The third-order valence-corrected chi connectivity index (χ3v) is 28.3. The smallest absolute Gasteiger partial charge is 0.129 e. The van der Waals surface area contributed by atoms with Gasteiger partial charge < -0.3 is 18.6 Å². The number of nitrogens with zero attached hydrogens (tertiary/aromatic N) is 6. The van der Waals surface area contributed by atoms with Crippen LogP contribution in [0.5, 0.6) is 0 Å². The van der Waals surface area contributed by atoms with Crippen molar-refractivity contribution >= 4 is 105 Å². The molecule has 0 atom stereocenters. The summed E-state index contributed by atoms with van der Waals surface area (Å²) < 4.78 is 17.6. The molecule has 20 aromatic carbocycles. The second-order valence-electron chi connectivity index (χ2n) is 34.3. The molecule has 602 valence electrons. The summed E-state index contributed by atoms with van der Waals surface area (Å²) >= 11 is 1.25. The Kier molecular flexibility index (Phi) is 16.9. The molecule has 129 heavy (non-hydrogen) atoms. The van der Waals surface area contributed by atoms with Gasteiger partial charge in [-0.3, -0.25) is 0 Å². The summed E-state index contributed by atoms with van der Waals surface area (Å²) in [5, 5.41) is 7.25. The molecule has 0 saturated heterocycles. The molecular formula is C122H78N6S. The Morgan fingerprint density at radius 2 is 0.473 bits per heavy atom. The molecule has 0 bridgehead atoms. The Morgan fingerprint density at radius 3 is 0.853 bits per heavy atom. The van der Waals surface area contributed by atoms with E-state index in [-0.39, 0.29) is 0 Å². The molecule has 0 N–H and O–H groups in total. The van der Waals surface area contributed by atoms with E-state index in [0.717, 1.165) is 89.6 Å². The first-order chi connectivity index (χ1) is 64.0. The van der Waals surface area contributed by atoms with Crippen LogP contribution in [0, 0.1) is 0 Å². The molecule has 24 aromatic rings. The quantitative estimate of drug-likeness (QED) is 0.103. The van der Waals surface area contributed by atoms with Crippen LogP contribution < -0.4 is 4.90 Å². The highest BCUT2D eigenvalue weighted by atomic mass is 32.1. The van der Waals surface area contributed by atoms with Crippen LogP contribution in [0.2, 0.25) is 0 Å². The van der Waals surface area contributed by atoms with Crippen LogP contribution in [0.15, 0.2) is 473 Å². The van der Waals surface area contributed by atoms with Crippen LogP contribution in [-0.2, 0) is 10.8 Å². The van der Waals surface area contributed by atoms with Gasteiger partial charge in [0.25, 0.3) is 0 Å². The van der Waals surface area contributed by atoms with Gasteiger partial charge in [0.2, 0.25) is 0 Å². The number of fused-ring (bicyclic) bond motifs is 16. The molecule has 0 amide bonds. The minimum absolute atomic E-state index is 0.496. The predicted molar refractivity (Wildman–Crippen MR) is 537 cm³/mol. The fourth-order valence-corrected chi connectivity index (χ4v) is 22.6. The van der Waals surface area contributed by atoms with E-state index in [0.29, 0.717) is 0 Å². The third-order valence-electron chi connectivity index (χ3n) is 27.7. The van der Waals surface area contributed by atoms with Gasteiger partial charge in [-0.15, -0.1) is 0 Å². The fourth-order valence-electron chi connectivity index (χ4n) is 22.0. The average molecular weight is 1660 g/mol. The number of benzene rings is 20. The van der Waals surface area contributed by atoms with Crippen molar-refractivity contribution in [3.05, 3.63) is 518 Å². The lowest BCUT2D eigenvalue weighted by molar-refractivity contribution is 0.769. The maximum atomic E-state index is 5.21. The van der Waals surface area contributed by atoms with E-state index in [1.807, 2.05) is 0 Å². The van der Waals surface area contributed by atoms with E-state index in [1.54, 1.807) is 0 Å². The van der Waals surface area contributed by atoms with Crippen LogP contribution in [0.25, 0.3) is 171 Å². The predicted octanol–water partition coefficient (Wildman–Crippen LogP) is 31.5. The van der Waals surface area contributed by atoms with Crippen LogP contribution in [0.1, 0.15) is 44.5 Å². The molecule has 4 heterocycles. The van der Waals surface area contributed by atoms with Crippen LogP contribution in [0.3, 0.4) is 0 Å².